The summed E-state index contributed by atoms with van der Waals surface area (Å²) in [5.41, 5.74) is -0.439. The van der Waals surface area contributed by atoms with Crippen LogP contribution in [-0.4, -0.2) is 23.6 Å². The van der Waals surface area contributed by atoms with Crippen LogP contribution in [0.3, 0.4) is 0 Å². The van der Waals surface area contributed by atoms with Crippen molar-refractivity contribution >= 4 is 17.7 Å². The largest absolute Gasteiger partial charge is 0.444 e. The predicted octanol–water partition coefficient (Wildman–Crippen LogP) is 2.53. The minimum Gasteiger partial charge on any atom is -0.444 e. The molecular formula is C10H18ClNO2. The second-order valence-electron chi connectivity index (χ2n) is 4.74. The highest BCUT2D eigenvalue weighted by Crippen LogP contribution is 2.35. The van der Waals surface area contributed by atoms with E-state index >= 15 is 0 Å². The number of carbonyl (C=O) groups is 1. The van der Waals surface area contributed by atoms with Crippen molar-refractivity contribution in [2.24, 2.45) is 5.92 Å². The highest BCUT2D eigenvalue weighted by molar-refractivity contribution is 6.21. The maximum Gasteiger partial charge on any atom is 0.407 e. The number of nitrogens with one attached hydrogen (secondary N) is 1. The second kappa shape index (κ2) is 4.39. The smallest absolute Gasteiger partial charge is 0.407 e. The van der Waals surface area contributed by atoms with Crippen LogP contribution >= 0.6 is 11.6 Å². The molecule has 1 atom stereocenters. The molecule has 14 heavy (non-hydrogen) atoms. The van der Waals surface area contributed by atoms with Crippen LogP contribution in [0.25, 0.3) is 0 Å². The van der Waals surface area contributed by atoms with Crippen LogP contribution in [0.1, 0.15) is 33.6 Å². The van der Waals surface area contributed by atoms with Crippen molar-refractivity contribution in [2.45, 2.75) is 44.6 Å². The first-order chi connectivity index (χ1) is 6.38. The number of carbonyl (C=O) groups excluding carboxylic acids is 1. The lowest BCUT2D eigenvalue weighted by Crippen LogP contribution is -2.36. The molecule has 4 heteroatoms. The minimum absolute atomic E-state index is 0.0579. The SMILES string of the molecule is CC(C)(C)OC(=O)NCC(Cl)C1CC1. The van der Waals surface area contributed by atoms with Crippen LogP contribution in [0, 0.1) is 5.92 Å². The molecule has 1 rings (SSSR count). The monoisotopic (exact) mass is 219 g/mol. The molecule has 1 amide bonds. The number of alkyl halides is 1. The van der Waals surface area contributed by atoms with Gasteiger partial charge in [-0.2, -0.15) is 0 Å². The van der Waals surface area contributed by atoms with Gasteiger partial charge in [-0.15, -0.1) is 11.6 Å². The molecule has 0 bridgehead atoms. The number of rotatable bonds is 3. The molecule has 1 aliphatic carbocycles. The van der Waals surface area contributed by atoms with E-state index in [4.69, 9.17) is 16.3 Å². The Balaban J connectivity index is 2.14. The number of halogens is 1. The summed E-state index contributed by atoms with van der Waals surface area (Å²) in [4.78, 5) is 11.2. The van der Waals surface area contributed by atoms with Gasteiger partial charge in [0.15, 0.2) is 0 Å². The van der Waals surface area contributed by atoms with Crippen LogP contribution in [0.2, 0.25) is 0 Å². The summed E-state index contributed by atoms with van der Waals surface area (Å²) in [6, 6.07) is 0. The summed E-state index contributed by atoms with van der Waals surface area (Å²) in [7, 11) is 0. The van der Waals surface area contributed by atoms with Gasteiger partial charge in [-0.05, 0) is 39.5 Å². The van der Waals surface area contributed by atoms with Gasteiger partial charge >= 0.3 is 6.09 Å². The molecule has 1 saturated carbocycles. The van der Waals surface area contributed by atoms with Gasteiger partial charge in [0.25, 0.3) is 0 Å². The lowest BCUT2D eigenvalue weighted by molar-refractivity contribution is 0.0527. The molecule has 0 radical (unpaired) electrons. The molecule has 0 aliphatic heterocycles. The molecule has 0 saturated heterocycles. The van der Waals surface area contributed by atoms with Gasteiger partial charge in [0, 0.05) is 6.54 Å². The molecule has 1 N–H and O–H groups in total. The zero-order valence-electron chi connectivity index (χ0n) is 8.97. The zero-order valence-corrected chi connectivity index (χ0v) is 9.73. The van der Waals surface area contributed by atoms with E-state index in [1.165, 1.54) is 12.8 Å². The van der Waals surface area contributed by atoms with Crippen LogP contribution < -0.4 is 5.32 Å². The molecule has 3 nitrogen and oxygen atoms in total. The average molecular weight is 220 g/mol. The Morgan fingerprint density at radius 1 is 1.57 bits per heavy atom. The quantitative estimate of drug-likeness (QED) is 0.741. The lowest BCUT2D eigenvalue weighted by atomic mass is 10.2. The molecule has 0 spiro atoms. The molecule has 0 aromatic rings. The van der Waals surface area contributed by atoms with Crippen molar-refractivity contribution in [1.29, 1.82) is 0 Å². The highest BCUT2D eigenvalue weighted by Gasteiger charge is 2.30. The Labute approximate surface area is 90.1 Å². The van der Waals surface area contributed by atoms with Crippen molar-refractivity contribution < 1.29 is 9.53 Å². The predicted molar refractivity (Wildman–Crippen MR) is 56.6 cm³/mol. The third-order valence-corrected chi connectivity index (χ3v) is 2.48. The van der Waals surface area contributed by atoms with Crippen LogP contribution in [-0.2, 0) is 4.74 Å². The maximum atomic E-state index is 11.2. The summed E-state index contributed by atoms with van der Waals surface area (Å²) < 4.78 is 5.08. The van der Waals surface area contributed by atoms with Gasteiger partial charge in [0.2, 0.25) is 0 Å². The van der Waals surface area contributed by atoms with E-state index in [9.17, 15) is 4.79 Å². The fourth-order valence-corrected chi connectivity index (χ4v) is 1.45. The van der Waals surface area contributed by atoms with Crippen molar-refractivity contribution in [1.82, 2.24) is 5.32 Å². The maximum absolute atomic E-state index is 11.2. The van der Waals surface area contributed by atoms with Crippen molar-refractivity contribution in [3.63, 3.8) is 0 Å². The van der Waals surface area contributed by atoms with Gasteiger partial charge < -0.3 is 10.1 Å². The standard InChI is InChI=1S/C10H18ClNO2/c1-10(2,3)14-9(13)12-6-8(11)7-4-5-7/h7-8H,4-6H2,1-3H3,(H,12,13). The third-order valence-electron chi connectivity index (χ3n) is 1.97. The average Bonchev–Trinajstić information content (AvgIpc) is 2.78. The summed E-state index contributed by atoms with van der Waals surface area (Å²) in [6.07, 6.45) is 1.98. The Bertz CT molecular complexity index is 209. The molecule has 0 aromatic heterocycles. The van der Waals surface area contributed by atoms with Gasteiger partial charge in [-0.1, -0.05) is 0 Å². The van der Waals surface area contributed by atoms with Gasteiger partial charge in [0.1, 0.15) is 5.60 Å². The summed E-state index contributed by atoms with van der Waals surface area (Å²) in [6.45, 7) is 6.02. The van der Waals surface area contributed by atoms with Crippen LogP contribution in [0.5, 0.6) is 0 Å². The minimum atomic E-state index is -0.439. The fourth-order valence-electron chi connectivity index (χ4n) is 1.12. The Morgan fingerprint density at radius 3 is 2.57 bits per heavy atom. The fraction of sp³-hybridized carbons (Fsp3) is 0.900. The lowest BCUT2D eigenvalue weighted by Gasteiger charge is -2.20. The molecule has 82 valence electrons. The van der Waals surface area contributed by atoms with Crippen molar-refractivity contribution in [3.8, 4) is 0 Å². The second-order valence-corrected chi connectivity index (χ2v) is 5.30. The summed E-state index contributed by atoms with van der Waals surface area (Å²) in [5, 5.41) is 2.73. The molecular weight excluding hydrogens is 202 g/mol. The normalized spacial score (nSPS) is 18.9. The molecule has 0 heterocycles. The summed E-state index contributed by atoms with van der Waals surface area (Å²) in [5.74, 6) is 0.589. The number of hydrogen-bond acceptors (Lipinski definition) is 2. The zero-order chi connectivity index (χ0) is 10.8. The first kappa shape index (κ1) is 11.6. The van der Waals surface area contributed by atoms with E-state index in [1.54, 1.807) is 0 Å². The summed E-state index contributed by atoms with van der Waals surface area (Å²) >= 11 is 6.02. The number of alkyl carbamates (subject to hydrolysis) is 1. The van der Waals surface area contributed by atoms with E-state index in [0.29, 0.717) is 12.5 Å². The van der Waals surface area contributed by atoms with Crippen LogP contribution in [0.15, 0.2) is 0 Å². The van der Waals surface area contributed by atoms with Crippen molar-refractivity contribution in [2.75, 3.05) is 6.54 Å². The Kier molecular flexibility index (Phi) is 3.65. The first-order valence-corrected chi connectivity index (χ1v) is 5.43. The highest BCUT2D eigenvalue weighted by atomic mass is 35.5. The first-order valence-electron chi connectivity index (χ1n) is 4.99. The Hall–Kier alpha value is -0.440. The van der Waals surface area contributed by atoms with Gasteiger partial charge in [0.05, 0.1) is 5.38 Å². The third kappa shape index (κ3) is 4.70. The van der Waals surface area contributed by atoms with E-state index in [2.05, 4.69) is 5.32 Å². The van der Waals surface area contributed by atoms with Gasteiger partial charge in [-0.25, -0.2) is 4.79 Å². The van der Waals surface area contributed by atoms with Crippen molar-refractivity contribution in [3.05, 3.63) is 0 Å². The Morgan fingerprint density at radius 2 is 2.14 bits per heavy atom. The molecule has 1 fully saturated rings. The topological polar surface area (TPSA) is 38.3 Å². The number of hydrogen-bond donors (Lipinski definition) is 1. The van der Waals surface area contributed by atoms with E-state index < -0.39 is 5.60 Å². The molecule has 1 unspecified atom stereocenters. The van der Waals surface area contributed by atoms with E-state index in [0.717, 1.165) is 0 Å². The van der Waals surface area contributed by atoms with E-state index in [1.807, 2.05) is 20.8 Å². The van der Waals surface area contributed by atoms with Gasteiger partial charge in [-0.3, -0.25) is 0 Å². The number of amides is 1. The molecule has 0 aromatic carbocycles. The molecule has 1 aliphatic rings. The van der Waals surface area contributed by atoms with Crippen LogP contribution in [0.4, 0.5) is 4.79 Å². The number of ether oxygens (including phenoxy) is 1. The van der Waals surface area contributed by atoms with E-state index in [-0.39, 0.29) is 11.5 Å².